The van der Waals surface area contributed by atoms with Crippen molar-refractivity contribution in [3.63, 3.8) is 0 Å². The van der Waals surface area contributed by atoms with E-state index >= 15 is 0 Å². The van der Waals surface area contributed by atoms with Crippen molar-refractivity contribution in [1.82, 2.24) is 4.57 Å². The monoisotopic (exact) mass is 617 g/mol. The van der Waals surface area contributed by atoms with Gasteiger partial charge in [-0.2, -0.15) is 0 Å². The number of thiazole rings is 1. The number of methoxy groups -OCH3 is 1. The first kappa shape index (κ1) is 30.5. The van der Waals surface area contributed by atoms with Crippen LogP contribution in [0, 0.1) is 17.0 Å². The van der Waals surface area contributed by atoms with E-state index in [1.807, 2.05) is 13.8 Å². The van der Waals surface area contributed by atoms with Crippen molar-refractivity contribution in [2.24, 2.45) is 4.99 Å². The van der Waals surface area contributed by atoms with E-state index in [9.17, 15) is 19.7 Å². The van der Waals surface area contributed by atoms with Gasteiger partial charge in [-0.05, 0) is 64.4 Å². The zero-order valence-electron chi connectivity index (χ0n) is 25.1. The normalized spacial score (nSPS) is 14.8. The predicted molar refractivity (Wildman–Crippen MR) is 165 cm³/mol. The van der Waals surface area contributed by atoms with Gasteiger partial charge in [0.05, 0.1) is 46.6 Å². The number of nitrogens with zero attached hydrogens (tertiary/aromatic N) is 3. The molecule has 2 aromatic carbocycles. The number of hydrogen-bond acceptors (Lipinski definition) is 10. The van der Waals surface area contributed by atoms with Gasteiger partial charge in [0.25, 0.3) is 11.2 Å². The van der Waals surface area contributed by atoms with E-state index in [1.54, 1.807) is 69.3 Å². The third-order valence-corrected chi connectivity index (χ3v) is 7.96. The first-order valence-corrected chi connectivity index (χ1v) is 14.7. The van der Waals surface area contributed by atoms with Crippen LogP contribution in [-0.4, -0.2) is 35.3 Å². The average Bonchev–Trinajstić information content (AvgIpc) is 3.56. The van der Waals surface area contributed by atoms with Crippen molar-refractivity contribution < 1.29 is 28.3 Å². The fraction of sp³-hybridized carbons (Fsp3) is 0.281. The molecule has 0 radical (unpaired) electrons. The second-order valence-corrected chi connectivity index (χ2v) is 11.3. The summed E-state index contributed by atoms with van der Waals surface area (Å²) >= 11 is 1.16. The van der Waals surface area contributed by atoms with Crippen LogP contribution in [0.5, 0.6) is 11.5 Å². The van der Waals surface area contributed by atoms with Gasteiger partial charge in [-0.3, -0.25) is 19.5 Å². The molecule has 0 saturated carbocycles. The molecular weight excluding hydrogens is 586 g/mol. The number of furan rings is 1. The number of nitro benzene ring substituents is 1. The number of fused-ring (bicyclic) bond motifs is 1. The number of allylic oxidation sites excluding steroid dienone is 1. The molecule has 0 N–H and O–H groups in total. The number of carbonyl (C=O) groups is 1. The standard InChI is InChI=1S/C32H31N3O8S/c1-7-41-31(37)28-19(5)33-32-34(29(28)21-10-12-25(42-17(2)3)26(15-21)40-6)30(36)27(44-32)16-22-11-13-24(43-22)20-9-8-18(4)23(14-20)35(38)39/h8-17,29H,7H2,1-6H3/b27-16+/t29-/m0/s1. The number of aryl methyl sites for hydroxylation is 1. The van der Waals surface area contributed by atoms with E-state index in [0.29, 0.717) is 54.7 Å². The second-order valence-electron chi connectivity index (χ2n) is 10.3. The Kier molecular flexibility index (Phi) is 8.54. The van der Waals surface area contributed by atoms with Crippen LogP contribution in [0.1, 0.15) is 50.6 Å². The van der Waals surface area contributed by atoms with Gasteiger partial charge in [-0.1, -0.05) is 29.5 Å². The Morgan fingerprint density at radius 3 is 2.61 bits per heavy atom. The van der Waals surface area contributed by atoms with E-state index < -0.39 is 16.9 Å². The Bertz CT molecular complexity index is 1980. The molecule has 44 heavy (non-hydrogen) atoms. The Morgan fingerprint density at radius 1 is 1.16 bits per heavy atom. The molecule has 5 rings (SSSR count). The number of aromatic nitrogens is 1. The highest BCUT2D eigenvalue weighted by atomic mass is 32.1. The number of hydrogen-bond donors (Lipinski definition) is 0. The van der Waals surface area contributed by atoms with Crippen molar-refractivity contribution in [2.75, 3.05) is 13.7 Å². The number of esters is 1. The van der Waals surface area contributed by atoms with E-state index in [1.165, 1.54) is 17.7 Å². The van der Waals surface area contributed by atoms with Crippen LogP contribution in [0.2, 0.25) is 0 Å². The van der Waals surface area contributed by atoms with E-state index in [4.69, 9.17) is 18.6 Å². The maximum atomic E-state index is 14.0. The summed E-state index contributed by atoms with van der Waals surface area (Å²) in [5.74, 6) is 1.21. The largest absolute Gasteiger partial charge is 0.493 e. The fourth-order valence-corrected chi connectivity index (χ4v) is 6.01. The minimum Gasteiger partial charge on any atom is -0.493 e. The molecule has 1 aliphatic heterocycles. The Hall–Kier alpha value is -4.97. The van der Waals surface area contributed by atoms with E-state index in [-0.39, 0.29) is 29.5 Å². The summed E-state index contributed by atoms with van der Waals surface area (Å²) in [7, 11) is 1.53. The average molecular weight is 618 g/mol. The smallest absolute Gasteiger partial charge is 0.338 e. The van der Waals surface area contributed by atoms with Crippen molar-refractivity contribution in [3.05, 3.63) is 106 Å². The van der Waals surface area contributed by atoms with Gasteiger partial charge in [0.15, 0.2) is 16.3 Å². The van der Waals surface area contributed by atoms with Crippen molar-refractivity contribution in [1.29, 1.82) is 0 Å². The van der Waals surface area contributed by atoms with Gasteiger partial charge < -0.3 is 18.6 Å². The molecule has 228 valence electrons. The molecule has 0 fully saturated rings. The van der Waals surface area contributed by atoms with Gasteiger partial charge in [0.2, 0.25) is 0 Å². The van der Waals surface area contributed by atoms with E-state index in [0.717, 1.165) is 11.3 Å². The van der Waals surface area contributed by atoms with Crippen LogP contribution < -0.4 is 24.4 Å². The number of nitro groups is 1. The summed E-state index contributed by atoms with van der Waals surface area (Å²) in [6.07, 6.45) is 1.50. The number of carbonyl (C=O) groups excluding carboxylic acids is 1. The zero-order chi connectivity index (χ0) is 31.7. The van der Waals surface area contributed by atoms with Crippen LogP contribution >= 0.6 is 11.3 Å². The molecule has 0 amide bonds. The van der Waals surface area contributed by atoms with Crippen LogP contribution in [0.3, 0.4) is 0 Å². The van der Waals surface area contributed by atoms with Crippen LogP contribution in [0.4, 0.5) is 5.69 Å². The molecule has 0 spiro atoms. The maximum absolute atomic E-state index is 14.0. The lowest BCUT2D eigenvalue weighted by Gasteiger charge is -2.25. The molecule has 0 bridgehead atoms. The molecule has 2 aromatic heterocycles. The third kappa shape index (κ3) is 5.80. The van der Waals surface area contributed by atoms with Crippen LogP contribution in [0.15, 0.2) is 74.0 Å². The Labute approximate surface area is 256 Å². The number of benzene rings is 2. The number of rotatable bonds is 9. The van der Waals surface area contributed by atoms with Gasteiger partial charge in [0, 0.05) is 23.3 Å². The van der Waals surface area contributed by atoms with Crippen molar-refractivity contribution in [2.45, 2.75) is 46.8 Å². The quantitative estimate of drug-likeness (QED) is 0.144. The number of ether oxygens (including phenoxy) is 3. The van der Waals surface area contributed by atoms with Crippen molar-refractivity contribution >= 4 is 29.1 Å². The summed E-state index contributed by atoms with van der Waals surface area (Å²) in [6.45, 7) is 9.06. The lowest BCUT2D eigenvalue weighted by atomic mass is 9.95. The first-order chi connectivity index (χ1) is 21.0. The minimum absolute atomic E-state index is 0.0121. The van der Waals surface area contributed by atoms with Gasteiger partial charge >= 0.3 is 5.97 Å². The molecule has 0 unspecified atom stereocenters. The molecule has 1 aliphatic rings. The summed E-state index contributed by atoms with van der Waals surface area (Å²) in [4.78, 5) is 43.2. The predicted octanol–water partition coefficient (Wildman–Crippen LogP) is 5.07. The minimum atomic E-state index is -0.838. The highest BCUT2D eigenvalue weighted by molar-refractivity contribution is 7.07. The van der Waals surface area contributed by atoms with Gasteiger partial charge in [-0.25, -0.2) is 9.79 Å². The molecule has 3 heterocycles. The lowest BCUT2D eigenvalue weighted by Crippen LogP contribution is -2.40. The Balaban J connectivity index is 1.63. The highest BCUT2D eigenvalue weighted by Crippen LogP contribution is 2.36. The molecule has 12 heteroatoms. The molecule has 1 atom stereocenters. The SMILES string of the molecule is CCOC(=O)C1=C(C)N=c2s/c(=C/c3ccc(-c4ccc(C)c([N+](=O)[O-])c4)o3)c(=O)n2[C@H]1c1ccc(OC(C)C)c(OC)c1. The topological polar surface area (TPSA) is 135 Å². The summed E-state index contributed by atoms with van der Waals surface area (Å²) in [6, 6.07) is 12.7. The third-order valence-electron chi connectivity index (χ3n) is 6.97. The molecule has 11 nitrogen and oxygen atoms in total. The molecule has 4 aromatic rings. The van der Waals surface area contributed by atoms with Crippen LogP contribution in [-0.2, 0) is 9.53 Å². The maximum Gasteiger partial charge on any atom is 0.338 e. The first-order valence-electron chi connectivity index (χ1n) is 13.9. The lowest BCUT2D eigenvalue weighted by molar-refractivity contribution is -0.385. The molecular formula is C32H31N3O8S. The van der Waals surface area contributed by atoms with Crippen molar-refractivity contribution in [3.8, 4) is 22.8 Å². The Morgan fingerprint density at radius 2 is 1.93 bits per heavy atom. The highest BCUT2D eigenvalue weighted by Gasteiger charge is 2.34. The molecule has 0 aliphatic carbocycles. The van der Waals surface area contributed by atoms with Crippen LogP contribution in [0.25, 0.3) is 17.4 Å². The van der Waals surface area contributed by atoms with E-state index in [2.05, 4.69) is 4.99 Å². The van der Waals surface area contributed by atoms with Gasteiger partial charge in [-0.15, -0.1) is 0 Å². The molecule has 0 saturated heterocycles. The van der Waals surface area contributed by atoms with Gasteiger partial charge in [0.1, 0.15) is 11.5 Å². The fourth-order valence-electron chi connectivity index (χ4n) is 4.99. The summed E-state index contributed by atoms with van der Waals surface area (Å²) < 4.78 is 24.6. The summed E-state index contributed by atoms with van der Waals surface area (Å²) in [5.41, 5.74) is 1.98. The zero-order valence-corrected chi connectivity index (χ0v) is 25.9. The second kappa shape index (κ2) is 12.3. The summed E-state index contributed by atoms with van der Waals surface area (Å²) in [5, 5.41) is 11.4.